The first-order chi connectivity index (χ1) is 10.6. The van der Waals surface area contributed by atoms with Crippen LogP contribution in [0.25, 0.3) is 10.9 Å². The van der Waals surface area contributed by atoms with E-state index in [1.165, 1.54) is 0 Å². The fourth-order valence-corrected chi connectivity index (χ4v) is 2.78. The first kappa shape index (κ1) is 14.7. The Morgan fingerprint density at radius 1 is 1.18 bits per heavy atom. The zero-order valence-electron chi connectivity index (χ0n) is 11.7. The van der Waals surface area contributed by atoms with E-state index in [-0.39, 0.29) is 5.88 Å². The van der Waals surface area contributed by atoms with Crippen molar-refractivity contribution in [2.75, 3.05) is 0 Å². The van der Waals surface area contributed by atoms with Gasteiger partial charge in [-0.2, -0.15) is 0 Å². The number of carbonyl (C=O) groups excluding carboxylic acids is 1. The highest BCUT2D eigenvalue weighted by Crippen LogP contribution is 2.37. The average molecular weight is 405 g/mol. The predicted molar refractivity (Wildman–Crippen MR) is 92.6 cm³/mol. The molecule has 5 nitrogen and oxygen atoms in total. The first-order valence-electron chi connectivity index (χ1n) is 6.56. The lowest BCUT2D eigenvalue weighted by Gasteiger charge is -1.96. The zero-order valence-corrected chi connectivity index (χ0v) is 13.9. The van der Waals surface area contributed by atoms with Gasteiger partial charge in [0.05, 0.1) is 5.52 Å². The summed E-state index contributed by atoms with van der Waals surface area (Å²) in [4.78, 5) is 12.1. The summed E-state index contributed by atoms with van der Waals surface area (Å²) in [7, 11) is 1.73. The number of fused-ring (bicyclic) bond motifs is 1. The molecule has 0 saturated carbocycles. The number of hydrogen-bond donors (Lipinski definition) is 1. The number of hydrogen-bond acceptors (Lipinski definition) is 3. The van der Waals surface area contributed by atoms with Gasteiger partial charge in [0, 0.05) is 21.6 Å². The Morgan fingerprint density at radius 2 is 1.95 bits per heavy atom. The molecule has 1 amide bonds. The van der Waals surface area contributed by atoms with Crippen LogP contribution in [0.15, 0.2) is 58.8 Å². The Bertz CT molecular complexity index is 900. The minimum Gasteiger partial charge on any atom is -0.493 e. The van der Waals surface area contributed by atoms with E-state index >= 15 is 0 Å². The van der Waals surface area contributed by atoms with Gasteiger partial charge in [-0.25, -0.2) is 0 Å². The van der Waals surface area contributed by atoms with Gasteiger partial charge < -0.3 is 9.67 Å². The van der Waals surface area contributed by atoms with E-state index < -0.39 is 5.91 Å². The van der Waals surface area contributed by atoms with Crippen LogP contribution in [0.2, 0.25) is 0 Å². The van der Waals surface area contributed by atoms with Gasteiger partial charge in [-0.15, -0.1) is 10.2 Å². The van der Waals surface area contributed by atoms with Crippen LogP contribution in [0.1, 0.15) is 10.4 Å². The number of nitrogens with zero attached hydrogens (tertiary/aromatic N) is 3. The Balaban J connectivity index is 2.00. The summed E-state index contributed by atoms with van der Waals surface area (Å²) >= 11 is 2.13. The van der Waals surface area contributed by atoms with Gasteiger partial charge in [-0.3, -0.25) is 4.79 Å². The van der Waals surface area contributed by atoms with Crippen molar-refractivity contribution in [3.63, 3.8) is 0 Å². The predicted octanol–water partition coefficient (Wildman–Crippen LogP) is 4.41. The molecule has 110 valence electrons. The van der Waals surface area contributed by atoms with Crippen molar-refractivity contribution in [2.24, 2.45) is 17.3 Å². The van der Waals surface area contributed by atoms with Crippen LogP contribution in [0, 0.1) is 3.57 Å². The number of rotatable bonds is 2. The number of amides is 1. The highest BCUT2D eigenvalue weighted by Gasteiger charge is 2.14. The van der Waals surface area contributed by atoms with Crippen molar-refractivity contribution in [3.8, 4) is 5.88 Å². The number of para-hydroxylation sites is 1. The fourth-order valence-electron chi connectivity index (χ4n) is 2.23. The van der Waals surface area contributed by atoms with Crippen LogP contribution >= 0.6 is 22.6 Å². The summed E-state index contributed by atoms with van der Waals surface area (Å²) in [5.74, 6) is -0.453. The lowest BCUT2D eigenvalue weighted by atomic mass is 10.2. The summed E-state index contributed by atoms with van der Waals surface area (Å²) < 4.78 is 2.56. The SMILES string of the molecule is Cn1c(O)c(N=NC(=O)c2cccc(I)c2)c2ccccc21. The Kier molecular flexibility index (Phi) is 3.93. The Hall–Kier alpha value is -2.22. The van der Waals surface area contributed by atoms with Crippen molar-refractivity contribution in [1.82, 2.24) is 4.57 Å². The third-order valence-electron chi connectivity index (χ3n) is 3.36. The van der Waals surface area contributed by atoms with Crippen molar-refractivity contribution in [3.05, 3.63) is 57.7 Å². The standard InChI is InChI=1S/C16H12IN3O2/c1-20-13-8-3-2-7-12(13)14(16(20)22)18-19-15(21)10-5-4-6-11(17)9-10/h2-9,22H,1H3. The minimum atomic E-state index is -0.439. The van der Waals surface area contributed by atoms with Crippen LogP contribution in [-0.2, 0) is 7.05 Å². The van der Waals surface area contributed by atoms with E-state index in [0.717, 1.165) is 14.5 Å². The molecule has 0 aliphatic rings. The van der Waals surface area contributed by atoms with E-state index in [1.54, 1.807) is 29.8 Å². The number of azo groups is 1. The van der Waals surface area contributed by atoms with Gasteiger partial charge in [0.1, 0.15) is 0 Å². The van der Waals surface area contributed by atoms with Crippen LogP contribution < -0.4 is 0 Å². The average Bonchev–Trinajstić information content (AvgIpc) is 2.77. The summed E-state index contributed by atoms with van der Waals surface area (Å²) in [5, 5.41) is 18.6. The van der Waals surface area contributed by atoms with E-state index in [4.69, 9.17) is 0 Å². The number of benzene rings is 2. The largest absolute Gasteiger partial charge is 0.493 e. The molecule has 0 bridgehead atoms. The number of aryl methyl sites for hydroxylation is 1. The molecule has 0 spiro atoms. The van der Waals surface area contributed by atoms with Gasteiger partial charge >= 0.3 is 0 Å². The maximum Gasteiger partial charge on any atom is 0.295 e. The molecule has 0 fully saturated rings. The molecule has 0 unspecified atom stereocenters. The van der Waals surface area contributed by atoms with Gasteiger partial charge in [-0.05, 0) is 46.9 Å². The van der Waals surface area contributed by atoms with Gasteiger partial charge in [-0.1, -0.05) is 24.3 Å². The molecule has 6 heteroatoms. The smallest absolute Gasteiger partial charge is 0.295 e. The maximum absolute atomic E-state index is 12.1. The van der Waals surface area contributed by atoms with E-state index in [1.807, 2.05) is 30.3 Å². The van der Waals surface area contributed by atoms with Crippen molar-refractivity contribution < 1.29 is 9.90 Å². The van der Waals surface area contributed by atoms with Gasteiger partial charge in [0.15, 0.2) is 5.69 Å². The number of halogens is 1. The third kappa shape index (κ3) is 2.61. The number of aromatic nitrogens is 1. The topological polar surface area (TPSA) is 66.9 Å². The molecule has 0 saturated heterocycles. The molecule has 1 aromatic heterocycles. The molecule has 0 aliphatic carbocycles. The van der Waals surface area contributed by atoms with E-state index in [0.29, 0.717) is 11.3 Å². The maximum atomic E-state index is 12.1. The molecule has 1 heterocycles. The Morgan fingerprint density at radius 3 is 2.73 bits per heavy atom. The second-order valence-electron chi connectivity index (χ2n) is 4.76. The quantitative estimate of drug-likeness (QED) is 0.507. The molecule has 2 aromatic carbocycles. The first-order valence-corrected chi connectivity index (χ1v) is 7.64. The molecule has 22 heavy (non-hydrogen) atoms. The van der Waals surface area contributed by atoms with Crippen LogP contribution in [0.5, 0.6) is 5.88 Å². The van der Waals surface area contributed by atoms with Gasteiger partial charge in [0.25, 0.3) is 5.91 Å². The molecule has 0 atom stereocenters. The second-order valence-corrected chi connectivity index (χ2v) is 6.01. The summed E-state index contributed by atoms with van der Waals surface area (Å²) in [5.41, 5.74) is 1.60. The van der Waals surface area contributed by atoms with Crippen LogP contribution in [0.4, 0.5) is 5.69 Å². The highest BCUT2D eigenvalue weighted by atomic mass is 127. The Labute approximate surface area is 140 Å². The molecule has 0 aliphatic heterocycles. The van der Waals surface area contributed by atoms with Gasteiger partial charge in [0.2, 0.25) is 5.88 Å². The van der Waals surface area contributed by atoms with Crippen molar-refractivity contribution >= 4 is 45.1 Å². The highest BCUT2D eigenvalue weighted by molar-refractivity contribution is 14.1. The van der Waals surface area contributed by atoms with Crippen molar-refractivity contribution in [1.29, 1.82) is 0 Å². The second kappa shape index (κ2) is 5.88. The number of carbonyl (C=O) groups is 1. The number of aromatic hydroxyl groups is 1. The molecular formula is C16H12IN3O2. The molecule has 0 radical (unpaired) electrons. The molecule has 3 rings (SSSR count). The lowest BCUT2D eigenvalue weighted by molar-refractivity contribution is 0.0995. The summed E-state index contributed by atoms with van der Waals surface area (Å²) in [6, 6.07) is 14.5. The zero-order chi connectivity index (χ0) is 15.7. The summed E-state index contributed by atoms with van der Waals surface area (Å²) in [6.45, 7) is 0. The van der Waals surface area contributed by atoms with Crippen LogP contribution in [0.3, 0.4) is 0 Å². The van der Waals surface area contributed by atoms with Crippen LogP contribution in [-0.4, -0.2) is 15.6 Å². The molecule has 1 N–H and O–H groups in total. The minimum absolute atomic E-state index is 0.0135. The summed E-state index contributed by atoms with van der Waals surface area (Å²) in [6.07, 6.45) is 0. The molecular weight excluding hydrogens is 393 g/mol. The molecule has 3 aromatic rings. The van der Waals surface area contributed by atoms with E-state index in [9.17, 15) is 9.90 Å². The van der Waals surface area contributed by atoms with E-state index in [2.05, 4.69) is 32.8 Å². The normalized spacial score (nSPS) is 11.4. The van der Waals surface area contributed by atoms with Crippen molar-refractivity contribution in [2.45, 2.75) is 0 Å². The monoisotopic (exact) mass is 405 g/mol. The lowest BCUT2D eigenvalue weighted by Crippen LogP contribution is -1.93. The fraction of sp³-hybridized carbons (Fsp3) is 0.0625. The third-order valence-corrected chi connectivity index (χ3v) is 4.03.